The maximum absolute atomic E-state index is 13.5. The van der Waals surface area contributed by atoms with E-state index in [4.69, 9.17) is 16.3 Å². The number of benzene rings is 3. The van der Waals surface area contributed by atoms with E-state index < -0.39 is 6.04 Å². The van der Waals surface area contributed by atoms with Crippen molar-refractivity contribution in [3.05, 3.63) is 93.0 Å². The molecule has 0 aromatic heterocycles. The fraction of sp³-hybridized carbons (Fsp3) is 0.465. The molecule has 0 unspecified atom stereocenters. The summed E-state index contributed by atoms with van der Waals surface area (Å²) < 4.78 is 6.38. The van der Waals surface area contributed by atoms with Crippen LogP contribution in [0.15, 0.2) is 54.6 Å². The third kappa shape index (κ3) is 6.74. The van der Waals surface area contributed by atoms with Gasteiger partial charge in [-0.25, -0.2) is 0 Å². The largest absolute Gasteiger partial charge is 0.489 e. The predicted molar refractivity (Wildman–Crippen MR) is 207 cm³/mol. The SMILES string of the molecule is CC1(C)C(NC(=O)c2ccc(N3CCC(CN4Cc5cc6c(cc5C4)C(=O)N([C@H]4CCC(=O)NC4=O)C6)CC3)cc2)C(C)(C)C1Oc1ccc(C#N)c(Cl)c1. The number of halogens is 1. The van der Waals surface area contributed by atoms with Crippen LogP contribution < -0.4 is 20.3 Å². The minimum atomic E-state index is -0.594. The first kappa shape index (κ1) is 37.0. The molecule has 3 aromatic carbocycles. The van der Waals surface area contributed by atoms with Crippen LogP contribution in [0.4, 0.5) is 5.69 Å². The number of rotatable bonds is 8. The summed E-state index contributed by atoms with van der Waals surface area (Å²) in [6.45, 7) is 13.4. The van der Waals surface area contributed by atoms with Gasteiger partial charge >= 0.3 is 0 Å². The second-order valence-electron chi connectivity index (χ2n) is 17.1. The third-order valence-corrected chi connectivity index (χ3v) is 13.0. The van der Waals surface area contributed by atoms with Gasteiger partial charge in [-0.2, -0.15) is 5.26 Å². The van der Waals surface area contributed by atoms with E-state index in [1.165, 1.54) is 11.1 Å². The number of carbonyl (C=O) groups is 4. The van der Waals surface area contributed by atoms with Crippen LogP contribution in [-0.4, -0.2) is 71.3 Å². The fourth-order valence-corrected chi connectivity index (χ4v) is 10.3. The Balaban J connectivity index is 0.812. The molecule has 0 spiro atoms. The molecule has 4 amide bonds. The van der Waals surface area contributed by atoms with Crippen molar-refractivity contribution in [1.29, 1.82) is 5.26 Å². The van der Waals surface area contributed by atoms with Crippen LogP contribution in [0.25, 0.3) is 0 Å². The Morgan fingerprint density at radius 3 is 2.27 bits per heavy atom. The van der Waals surface area contributed by atoms with Crippen LogP contribution in [0.2, 0.25) is 5.02 Å². The smallest absolute Gasteiger partial charge is 0.255 e. The predicted octanol–water partition coefficient (Wildman–Crippen LogP) is 5.82. The summed E-state index contributed by atoms with van der Waals surface area (Å²) in [7, 11) is 0. The highest BCUT2D eigenvalue weighted by atomic mass is 35.5. The summed E-state index contributed by atoms with van der Waals surface area (Å²) in [6, 6.07) is 18.6. The number of imide groups is 1. The second-order valence-corrected chi connectivity index (χ2v) is 17.5. The maximum atomic E-state index is 13.5. The lowest BCUT2D eigenvalue weighted by Crippen LogP contribution is -2.74. The molecule has 4 aliphatic heterocycles. The molecule has 3 aromatic rings. The lowest BCUT2D eigenvalue weighted by atomic mass is 9.49. The lowest BCUT2D eigenvalue weighted by Gasteiger charge is -2.63. The molecule has 55 heavy (non-hydrogen) atoms. The molecule has 286 valence electrons. The summed E-state index contributed by atoms with van der Waals surface area (Å²) in [5.74, 6) is 0.290. The molecule has 2 saturated heterocycles. The molecule has 1 aliphatic carbocycles. The highest BCUT2D eigenvalue weighted by Crippen LogP contribution is 2.55. The van der Waals surface area contributed by atoms with Gasteiger partial charge in [0, 0.05) is 85.4 Å². The molecule has 1 saturated carbocycles. The van der Waals surface area contributed by atoms with Gasteiger partial charge in [-0.05, 0) is 84.3 Å². The van der Waals surface area contributed by atoms with Crippen LogP contribution in [0.3, 0.4) is 0 Å². The number of fused-ring (bicyclic) bond motifs is 2. The Hall–Kier alpha value is -4.92. The van der Waals surface area contributed by atoms with E-state index in [2.05, 4.69) is 60.3 Å². The van der Waals surface area contributed by atoms with Gasteiger partial charge in [0.1, 0.15) is 24.0 Å². The number of hydrogen-bond donors (Lipinski definition) is 2. The van der Waals surface area contributed by atoms with Crippen LogP contribution in [0.1, 0.15) is 96.3 Å². The highest BCUT2D eigenvalue weighted by Gasteiger charge is 2.64. The number of anilines is 1. The van der Waals surface area contributed by atoms with Gasteiger partial charge in [0.15, 0.2) is 0 Å². The van der Waals surface area contributed by atoms with Crippen molar-refractivity contribution in [1.82, 2.24) is 20.4 Å². The fourth-order valence-electron chi connectivity index (χ4n) is 10.0. The van der Waals surface area contributed by atoms with Crippen molar-refractivity contribution < 1.29 is 23.9 Å². The number of nitrogens with zero attached hydrogens (tertiary/aromatic N) is 4. The lowest BCUT2D eigenvalue weighted by molar-refractivity contribution is -0.164. The standard InChI is InChI=1S/C43H47ClN6O5/c1-42(2)40(43(3,4)41(42)55-32-10-7-27(20-45)34(44)19-32)47-37(52)26-5-8-31(9-6-26)49-15-13-25(14-16-49)21-48-22-28-17-30-24-50(35-11-12-36(51)46-38(35)53)39(54)33(30)18-29(28)23-48/h5-10,17-19,25,35,40-41H,11-16,21-24H2,1-4H3,(H,47,52)(H,46,51,53)/t35-,40?,41?/m0/s1. The normalized spacial score (nSPS) is 24.4. The Kier molecular flexibility index (Phi) is 9.41. The first-order valence-corrected chi connectivity index (χ1v) is 19.6. The van der Waals surface area contributed by atoms with Gasteiger partial charge in [0.25, 0.3) is 11.8 Å². The van der Waals surface area contributed by atoms with Gasteiger partial charge in [0.2, 0.25) is 11.8 Å². The Morgan fingerprint density at radius 1 is 0.927 bits per heavy atom. The molecule has 2 N–H and O–H groups in total. The molecule has 0 bridgehead atoms. The van der Waals surface area contributed by atoms with Crippen LogP contribution in [0, 0.1) is 28.1 Å². The Labute approximate surface area is 326 Å². The summed E-state index contributed by atoms with van der Waals surface area (Å²) in [4.78, 5) is 57.4. The van der Waals surface area contributed by atoms with Gasteiger partial charge in [-0.15, -0.1) is 0 Å². The van der Waals surface area contributed by atoms with Crippen LogP contribution >= 0.6 is 11.6 Å². The number of nitrogens with one attached hydrogen (secondary N) is 2. The van der Waals surface area contributed by atoms with E-state index in [1.54, 1.807) is 23.1 Å². The van der Waals surface area contributed by atoms with Crippen molar-refractivity contribution >= 4 is 40.9 Å². The first-order chi connectivity index (χ1) is 26.2. The van der Waals surface area contributed by atoms with Gasteiger partial charge < -0.3 is 19.9 Å². The van der Waals surface area contributed by atoms with Crippen molar-refractivity contribution in [3.63, 3.8) is 0 Å². The zero-order chi connectivity index (χ0) is 38.8. The molecular weight excluding hydrogens is 716 g/mol. The van der Waals surface area contributed by atoms with Gasteiger partial charge in [-0.1, -0.05) is 45.4 Å². The summed E-state index contributed by atoms with van der Waals surface area (Å²) in [5, 5.41) is 15.2. The van der Waals surface area contributed by atoms with Crippen LogP contribution in [-0.2, 0) is 29.2 Å². The molecule has 5 aliphatic rings. The molecule has 3 fully saturated rings. The molecule has 1 atom stereocenters. The van der Waals surface area contributed by atoms with E-state index in [-0.39, 0.29) is 53.0 Å². The first-order valence-electron chi connectivity index (χ1n) is 19.3. The molecule has 0 radical (unpaired) electrons. The molecule has 12 heteroatoms. The quantitative estimate of drug-likeness (QED) is 0.275. The average Bonchev–Trinajstić information content (AvgIpc) is 3.70. The van der Waals surface area contributed by atoms with Crippen molar-refractivity contribution in [2.45, 2.75) is 91.2 Å². The van der Waals surface area contributed by atoms with Crippen molar-refractivity contribution in [3.8, 4) is 11.8 Å². The minimum absolute atomic E-state index is 0.107. The monoisotopic (exact) mass is 762 g/mol. The number of piperidine rings is 2. The van der Waals surface area contributed by atoms with E-state index >= 15 is 0 Å². The molecule has 8 rings (SSSR count). The van der Waals surface area contributed by atoms with E-state index in [9.17, 15) is 24.4 Å². The van der Waals surface area contributed by atoms with E-state index in [1.807, 2.05) is 30.3 Å². The molecule has 11 nitrogen and oxygen atoms in total. The van der Waals surface area contributed by atoms with E-state index in [0.29, 0.717) is 46.3 Å². The van der Waals surface area contributed by atoms with E-state index in [0.717, 1.165) is 56.8 Å². The zero-order valence-electron chi connectivity index (χ0n) is 31.8. The van der Waals surface area contributed by atoms with Gasteiger partial charge in [-0.3, -0.25) is 29.4 Å². The number of hydrogen-bond acceptors (Lipinski definition) is 8. The zero-order valence-corrected chi connectivity index (χ0v) is 32.5. The number of nitriles is 1. The van der Waals surface area contributed by atoms with Gasteiger partial charge in [0.05, 0.1) is 10.6 Å². The molecule has 4 heterocycles. The molecular formula is C43H47ClN6O5. The summed E-state index contributed by atoms with van der Waals surface area (Å²) >= 11 is 6.25. The number of carbonyl (C=O) groups excluding carboxylic acids is 4. The number of amides is 4. The summed E-state index contributed by atoms with van der Waals surface area (Å²) in [6.07, 6.45) is 2.61. The number of ether oxygens (including phenoxy) is 1. The van der Waals surface area contributed by atoms with Crippen molar-refractivity contribution in [2.75, 3.05) is 24.5 Å². The topological polar surface area (TPSA) is 135 Å². The minimum Gasteiger partial charge on any atom is -0.489 e. The highest BCUT2D eigenvalue weighted by molar-refractivity contribution is 6.31. The maximum Gasteiger partial charge on any atom is 0.255 e. The Morgan fingerprint density at radius 2 is 1.62 bits per heavy atom. The third-order valence-electron chi connectivity index (χ3n) is 12.7. The summed E-state index contributed by atoms with van der Waals surface area (Å²) in [5.41, 5.74) is 5.54. The van der Waals surface area contributed by atoms with Crippen LogP contribution in [0.5, 0.6) is 5.75 Å². The second kappa shape index (κ2) is 14.0. The Bertz CT molecular complexity index is 2100. The average molecular weight is 763 g/mol. The van der Waals surface area contributed by atoms with Crippen molar-refractivity contribution in [2.24, 2.45) is 16.7 Å².